The highest BCUT2D eigenvalue weighted by Crippen LogP contribution is 2.17. The number of carboxylic acid groups (broad SMARTS) is 1. The monoisotopic (exact) mass is 276 g/mol. The summed E-state index contributed by atoms with van der Waals surface area (Å²) in [6, 6.07) is 2.60. The molecular weight excluding hydrogens is 263 g/mol. The summed E-state index contributed by atoms with van der Waals surface area (Å²) in [5.41, 5.74) is -0.687. The van der Waals surface area contributed by atoms with Gasteiger partial charge in [-0.05, 0) is 31.5 Å². The van der Waals surface area contributed by atoms with Crippen molar-refractivity contribution in [3.63, 3.8) is 0 Å². The van der Waals surface area contributed by atoms with E-state index in [1.165, 1.54) is 6.92 Å². The Hall–Kier alpha value is -1.47. The van der Waals surface area contributed by atoms with Crippen LogP contribution in [0.4, 0.5) is 4.39 Å². The number of benzene rings is 1. The fraction of sp³-hybridized carbons (Fsp3) is 0.364. The summed E-state index contributed by atoms with van der Waals surface area (Å²) in [6.07, 6.45) is -0.749. The molecule has 0 aliphatic carbocycles. The van der Waals surface area contributed by atoms with E-state index in [2.05, 4.69) is 0 Å². The molecule has 0 fully saturated rings. The average molecular weight is 276 g/mol. The summed E-state index contributed by atoms with van der Waals surface area (Å²) in [5, 5.41) is 17.7. The average Bonchev–Trinajstić information content (AvgIpc) is 2.26. The van der Waals surface area contributed by atoms with Crippen LogP contribution >= 0.6 is 0 Å². The van der Waals surface area contributed by atoms with Crippen LogP contribution in [0.2, 0.25) is 0 Å². The molecule has 0 bridgehead atoms. The Kier molecular flexibility index (Phi) is 4.42. The maximum atomic E-state index is 13.1. The third-order valence-electron chi connectivity index (χ3n) is 2.33. The lowest BCUT2D eigenvalue weighted by atomic mass is 10.2. The Morgan fingerprint density at radius 2 is 2.06 bits per heavy atom. The molecule has 7 heteroatoms. The van der Waals surface area contributed by atoms with E-state index in [9.17, 15) is 17.6 Å². The number of halogens is 1. The molecule has 100 valence electrons. The Bertz CT molecular complexity index is 551. The zero-order chi connectivity index (χ0) is 13.9. The molecule has 1 rings (SSSR count). The van der Waals surface area contributed by atoms with Gasteiger partial charge in [-0.1, -0.05) is 0 Å². The summed E-state index contributed by atoms with van der Waals surface area (Å²) in [4.78, 5) is 10.4. The molecule has 0 radical (unpaired) electrons. The van der Waals surface area contributed by atoms with Gasteiger partial charge in [-0.25, -0.2) is 17.6 Å². The molecule has 0 heterocycles. The molecule has 1 aromatic rings. The van der Waals surface area contributed by atoms with Gasteiger partial charge in [0.25, 0.3) is 0 Å². The van der Waals surface area contributed by atoms with Crippen LogP contribution in [0, 0.1) is 5.82 Å². The second-order valence-electron chi connectivity index (χ2n) is 3.90. The molecule has 2 N–H and O–H groups in total. The van der Waals surface area contributed by atoms with Crippen molar-refractivity contribution in [2.45, 2.75) is 24.3 Å². The standard InChI is InChI=1S/C11H13FO5S/c1-7(13)4-5-18(16,17)8-2-3-10(12)9(6-8)11(14)15/h2-3,6-7,13H,4-5H2,1H3,(H,14,15). The third-order valence-corrected chi connectivity index (χ3v) is 4.08. The van der Waals surface area contributed by atoms with E-state index in [1.807, 2.05) is 0 Å². The second kappa shape index (κ2) is 5.45. The number of aromatic carboxylic acids is 1. The molecule has 1 aromatic carbocycles. The van der Waals surface area contributed by atoms with Crippen molar-refractivity contribution >= 4 is 15.8 Å². The molecule has 0 saturated carbocycles. The van der Waals surface area contributed by atoms with E-state index in [4.69, 9.17) is 10.2 Å². The van der Waals surface area contributed by atoms with Crippen LogP contribution in [-0.2, 0) is 9.84 Å². The Balaban J connectivity index is 3.10. The SMILES string of the molecule is CC(O)CCS(=O)(=O)c1ccc(F)c(C(=O)O)c1. The van der Waals surface area contributed by atoms with E-state index in [-0.39, 0.29) is 17.1 Å². The van der Waals surface area contributed by atoms with Crippen molar-refractivity contribution < 1.29 is 27.8 Å². The van der Waals surface area contributed by atoms with Crippen molar-refractivity contribution in [2.75, 3.05) is 5.75 Å². The van der Waals surface area contributed by atoms with Gasteiger partial charge >= 0.3 is 5.97 Å². The fourth-order valence-corrected chi connectivity index (χ4v) is 2.77. The van der Waals surface area contributed by atoms with Gasteiger partial charge in [-0.2, -0.15) is 0 Å². The summed E-state index contributed by atoms with van der Waals surface area (Å²) >= 11 is 0. The number of carboxylic acids is 1. The Morgan fingerprint density at radius 3 is 2.56 bits per heavy atom. The van der Waals surface area contributed by atoms with Crippen LogP contribution < -0.4 is 0 Å². The van der Waals surface area contributed by atoms with Crippen LogP contribution in [0.5, 0.6) is 0 Å². The maximum Gasteiger partial charge on any atom is 0.338 e. The van der Waals surface area contributed by atoms with Gasteiger partial charge in [-0.15, -0.1) is 0 Å². The molecule has 5 nitrogen and oxygen atoms in total. The molecule has 1 unspecified atom stereocenters. The number of hydrogen-bond donors (Lipinski definition) is 2. The van der Waals surface area contributed by atoms with Crippen molar-refractivity contribution in [1.29, 1.82) is 0 Å². The summed E-state index contributed by atoms with van der Waals surface area (Å²) in [5.74, 6) is -2.84. The topological polar surface area (TPSA) is 91.7 Å². The molecular formula is C11H13FO5S. The number of hydrogen-bond acceptors (Lipinski definition) is 4. The lowest BCUT2D eigenvalue weighted by Gasteiger charge is -2.07. The van der Waals surface area contributed by atoms with E-state index < -0.39 is 33.3 Å². The maximum absolute atomic E-state index is 13.1. The molecule has 0 amide bonds. The van der Waals surface area contributed by atoms with Gasteiger partial charge in [0, 0.05) is 0 Å². The van der Waals surface area contributed by atoms with E-state index >= 15 is 0 Å². The highest BCUT2D eigenvalue weighted by molar-refractivity contribution is 7.91. The van der Waals surface area contributed by atoms with Crippen molar-refractivity contribution in [1.82, 2.24) is 0 Å². The number of aliphatic hydroxyl groups is 1. The molecule has 18 heavy (non-hydrogen) atoms. The van der Waals surface area contributed by atoms with Gasteiger partial charge < -0.3 is 10.2 Å². The largest absolute Gasteiger partial charge is 0.478 e. The smallest absolute Gasteiger partial charge is 0.338 e. The predicted octanol–water partition coefficient (Wildman–Crippen LogP) is 1.07. The minimum atomic E-state index is -3.72. The first-order valence-corrected chi connectivity index (χ1v) is 6.83. The molecule has 0 aromatic heterocycles. The number of sulfone groups is 1. The van der Waals surface area contributed by atoms with Gasteiger partial charge in [0.1, 0.15) is 5.82 Å². The van der Waals surface area contributed by atoms with Crippen LogP contribution in [0.3, 0.4) is 0 Å². The lowest BCUT2D eigenvalue weighted by Crippen LogP contribution is -2.13. The number of aliphatic hydroxyl groups excluding tert-OH is 1. The van der Waals surface area contributed by atoms with E-state index in [1.54, 1.807) is 0 Å². The van der Waals surface area contributed by atoms with Crippen LogP contribution in [0.25, 0.3) is 0 Å². The minimum Gasteiger partial charge on any atom is -0.478 e. The first-order valence-electron chi connectivity index (χ1n) is 5.17. The first kappa shape index (κ1) is 14.6. The lowest BCUT2D eigenvalue weighted by molar-refractivity contribution is 0.0691. The quantitative estimate of drug-likeness (QED) is 0.785. The highest BCUT2D eigenvalue weighted by Gasteiger charge is 2.19. The minimum absolute atomic E-state index is 0.0299. The predicted molar refractivity (Wildman–Crippen MR) is 61.7 cm³/mol. The molecule has 0 spiro atoms. The first-order chi connectivity index (χ1) is 8.24. The molecule has 1 atom stereocenters. The van der Waals surface area contributed by atoms with Gasteiger partial charge in [-0.3, -0.25) is 0 Å². The summed E-state index contributed by atoms with van der Waals surface area (Å²) in [7, 11) is -3.72. The third kappa shape index (κ3) is 3.51. The van der Waals surface area contributed by atoms with E-state index in [0.717, 1.165) is 18.2 Å². The summed E-state index contributed by atoms with van der Waals surface area (Å²) < 4.78 is 36.7. The van der Waals surface area contributed by atoms with Crippen molar-refractivity contribution in [3.05, 3.63) is 29.6 Å². The van der Waals surface area contributed by atoms with Crippen LogP contribution in [0.1, 0.15) is 23.7 Å². The van der Waals surface area contributed by atoms with Crippen molar-refractivity contribution in [3.8, 4) is 0 Å². The Morgan fingerprint density at radius 1 is 1.44 bits per heavy atom. The number of rotatable bonds is 5. The second-order valence-corrected chi connectivity index (χ2v) is 6.01. The van der Waals surface area contributed by atoms with Crippen molar-refractivity contribution in [2.24, 2.45) is 0 Å². The van der Waals surface area contributed by atoms with Gasteiger partial charge in [0.05, 0.1) is 22.3 Å². The fourth-order valence-electron chi connectivity index (χ4n) is 1.31. The highest BCUT2D eigenvalue weighted by atomic mass is 32.2. The molecule has 0 aliphatic rings. The van der Waals surface area contributed by atoms with Crippen LogP contribution in [-0.4, -0.2) is 36.5 Å². The normalized spacial score (nSPS) is 13.3. The van der Waals surface area contributed by atoms with Gasteiger partial charge in [0.15, 0.2) is 9.84 Å². The molecule has 0 saturated heterocycles. The zero-order valence-electron chi connectivity index (χ0n) is 9.63. The zero-order valence-corrected chi connectivity index (χ0v) is 10.4. The summed E-state index contributed by atoms with van der Waals surface area (Å²) in [6.45, 7) is 1.45. The molecule has 0 aliphatic heterocycles. The number of carbonyl (C=O) groups is 1. The van der Waals surface area contributed by atoms with E-state index in [0.29, 0.717) is 0 Å². The van der Waals surface area contributed by atoms with Gasteiger partial charge in [0.2, 0.25) is 0 Å². The Labute approximate surface area is 104 Å². The van der Waals surface area contributed by atoms with Crippen LogP contribution in [0.15, 0.2) is 23.1 Å².